The summed E-state index contributed by atoms with van der Waals surface area (Å²) in [5.41, 5.74) is 11.4. The number of nitrogens with zero attached hydrogens (tertiary/aromatic N) is 1. The van der Waals surface area contributed by atoms with Crippen molar-refractivity contribution in [1.29, 1.82) is 0 Å². The number of hydrogen-bond donors (Lipinski definition) is 1. The molecule has 2 heterocycles. The highest BCUT2D eigenvalue weighted by Gasteiger charge is 2.32. The molecule has 0 bridgehead atoms. The van der Waals surface area contributed by atoms with Crippen LogP contribution in [0.4, 0.5) is 0 Å². The average molecular weight is 463 g/mol. The molecule has 3 nitrogen and oxygen atoms in total. The maximum absolute atomic E-state index is 5.38. The van der Waals surface area contributed by atoms with Crippen molar-refractivity contribution in [2.24, 2.45) is 11.3 Å². The van der Waals surface area contributed by atoms with Crippen molar-refractivity contribution in [1.82, 2.24) is 10.2 Å². The zero-order valence-electron chi connectivity index (χ0n) is 20.2. The van der Waals surface area contributed by atoms with Gasteiger partial charge >= 0.3 is 0 Å². The molecule has 0 aromatic heterocycles. The maximum Gasteiger partial charge on any atom is 0.0645 e. The second-order valence-corrected chi connectivity index (χ2v) is 10.3. The smallest absolute Gasteiger partial charge is 0.0645 e. The minimum atomic E-state index is -0.0399. The maximum atomic E-state index is 5.38. The molecule has 4 heteroatoms. The Morgan fingerprint density at radius 3 is 2.76 bits per heavy atom. The van der Waals surface area contributed by atoms with E-state index in [1.807, 2.05) is 0 Å². The first-order valence-corrected chi connectivity index (χ1v) is 12.9. The summed E-state index contributed by atoms with van der Waals surface area (Å²) >= 11 is 1.78. The molecule has 2 aliphatic heterocycles. The lowest BCUT2D eigenvalue weighted by atomic mass is 9.75. The van der Waals surface area contributed by atoms with Gasteiger partial charge in [0.15, 0.2) is 0 Å². The summed E-state index contributed by atoms with van der Waals surface area (Å²) in [4.78, 5) is 3.87. The normalized spacial score (nSPS) is 26.6. The van der Waals surface area contributed by atoms with Gasteiger partial charge in [-0.25, -0.2) is 0 Å². The summed E-state index contributed by atoms with van der Waals surface area (Å²) in [7, 11) is 0. The Balaban J connectivity index is 0.00000324. The minimum absolute atomic E-state index is 0. The van der Waals surface area contributed by atoms with Gasteiger partial charge in [0.25, 0.3) is 0 Å². The largest absolute Gasteiger partial charge is 0.378 e. The second kappa shape index (κ2) is 10.8. The van der Waals surface area contributed by atoms with Crippen LogP contribution < -0.4 is 5.32 Å². The molecule has 0 radical (unpaired) electrons. The molecule has 1 unspecified atom stereocenters. The lowest BCUT2D eigenvalue weighted by Gasteiger charge is -2.41. The minimum Gasteiger partial charge on any atom is -0.378 e. The number of likely N-dealkylation sites (tertiary alicyclic amines) is 1. The van der Waals surface area contributed by atoms with Gasteiger partial charge in [-0.15, -0.1) is 11.5 Å². The van der Waals surface area contributed by atoms with Crippen LogP contribution in [0.3, 0.4) is 0 Å². The van der Waals surface area contributed by atoms with E-state index in [0.29, 0.717) is 12.0 Å². The standard InChI is InChI=1S/C29H36N2OS.H2/c1-5-17-33-28(7-3)23-10-14-29(4)13-8-9-25(19-24(29)18-23)30-27(6-2)22-11-15-31(16-12-22)26-20-32-21-26;/h5,7,9-10,13,17-19,22,26,30H,2,11-12,14-16,20-21H2,1,3-4H3;1H/b17-5+,28-7-;. The van der Waals surface area contributed by atoms with Gasteiger partial charge in [0.2, 0.25) is 0 Å². The second-order valence-electron chi connectivity index (χ2n) is 9.39. The number of rotatable bonds is 7. The predicted molar refractivity (Wildman–Crippen MR) is 143 cm³/mol. The number of fused-ring (bicyclic) bond motifs is 1. The Labute approximate surface area is 205 Å². The van der Waals surface area contributed by atoms with E-state index in [1.54, 1.807) is 11.8 Å². The van der Waals surface area contributed by atoms with Crippen LogP contribution in [-0.2, 0) is 4.74 Å². The van der Waals surface area contributed by atoms with E-state index in [0.717, 1.165) is 57.0 Å². The summed E-state index contributed by atoms with van der Waals surface area (Å²) < 4.78 is 5.38. The van der Waals surface area contributed by atoms with Crippen molar-refractivity contribution < 1.29 is 6.16 Å². The summed E-state index contributed by atoms with van der Waals surface area (Å²) in [6.07, 6.45) is 18.8. The molecule has 4 aliphatic rings. The molecule has 0 aromatic rings. The fraction of sp³-hybridized carbons (Fsp3) is 0.448. The number of thioether (sulfide) groups is 1. The van der Waals surface area contributed by atoms with Gasteiger partial charge in [-0.2, -0.15) is 0 Å². The lowest BCUT2D eigenvalue weighted by Crippen LogP contribution is -2.52. The SMILES string of the molecule is C=C=C(NC1=CC2=CC(/C(=C/C)S/C=C/C)=CCC2(C)C=C=C1)C1CCN(C2COC2)CC1.[HH]. The molecule has 0 saturated carbocycles. The quantitative estimate of drug-likeness (QED) is 0.428. The van der Waals surface area contributed by atoms with Crippen molar-refractivity contribution in [3.05, 3.63) is 93.4 Å². The molecular formula is C29H38N2OS. The summed E-state index contributed by atoms with van der Waals surface area (Å²) in [5, 5.41) is 5.80. The topological polar surface area (TPSA) is 24.5 Å². The van der Waals surface area contributed by atoms with Crippen molar-refractivity contribution in [2.75, 3.05) is 26.3 Å². The van der Waals surface area contributed by atoms with Gasteiger partial charge in [0.1, 0.15) is 0 Å². The van der Waals surface area contributed by atoms with Gasteiger partial charge < -0.3 is 10.1 Å². The van der Waals surface area contributed by atoms with Gasteiger partial charge in [0, 0.05) is 29.4 Å². The zero-order valence-corrected chi connectivity index (χ0v) is 21.0. The average Bonchev–Trinajstić information content (AvgIpc) is 2.95. The molecule has 0 aromatic carbocycles. The molecule has 176 valence electrons. The third-order valence-electron chi connectivity index (χ3n) is 7.09. The molecule has 2 saturated heterocycles. The highest BCUT2D eigenvalue weighted by Crippen LogP contribution is 2.42. The third-order valence-corrected chi connectivity index (χ3v) is 8.22. The Hall–Kier alpha value is -2.19. The fourth-order valence-electron chi connectivity index (χ4n) is 4.83. The monoisotopic (exact) mass is 462 g/mol. The Morgan fingerprint density at radius 2 is 2.12 bits per heavy atom. The third kappa shape index (κ3) is 5.49. The molecule has 33 heavy (non-hydrogen) atoms. The van der Waals surface area contributed by atoms with Crippen LogP contribution in [0, 0.1) is 11.3 Å². The Bertz CT molecular complexity index is 1020. The van der Waals surface area contributed by atoms with E-state index < -0.39 is 0 Å². The predicted octanol–water partition coefficient (Wildman–Crippen LogP) is 6.64. The zero-order chi connectivity index (χ0) is 23.3. The van der Waals surface area contributed by atoms with Crippen LogP contribution in [0.2, 0.25) is 0 Å². The molecule has 1 atom stereocenters. The Kier molecular flexibility index (Phi) is 7.86. The summed E-state index contributed by atoms with van der Waals surface area (Å²) in [6.45, 7) is 14.5. The fourth-order valence-corrected chi connectivity index (χ4v) is 5.52. The van der Waals surface area contributed by atoms with E-state index in [9.17, 15) is 0 Å². The molecule has 0 spiro atoms. The van der Waals surface area contributed by atoms with Gasteiger partial charge in [-0.05, 0) is 81.0 Å². The number of nitrogens with one attached hydrogen (secondary N) is 1. The Morgan fingerprint density at radius 1 is 1.33 bits per heavy atom. The summed E-state index contributed by atoms with van der Waals surface area (Å²) in [6, 6.07) is 0.624. The van der Waals surface area contributed by atoms with Gasteiger partial charge in [0.05, 0.1) is 25.0 Å². The van der Waals surface area contributed by atoms with Crippen molar-refractivity contribution >= 4 is 11.8 Å². The molecule has 2 aliphatic carbocycles. The van der Waals surface area contributed by atoms with Crippen LogP contribution in [0.1, 0.15) is 41.5 Å². The first kappa shape index (κ1) is 24.0. The number of ether oxygens (including phenoxy) is 1. The van der Waals surface area contributed by atoms with Crippen LogP contribution in [0.25, 0.3) is 0 Å². The number of piperidine rings is 1. The highest BCUT2D eigenvalue weighted by atomic mass is 32.2. The van der Waals surface area contributed by atoms with E-state index in [-0.39, 0.29) is 6.84 Å². The summed E-state index contributed by atoms with van der Waals surface area (Å²) in [5.74, 6) is 0.468. The van der Waals surface area contributed by atoms with Gasteiger partial charge in [-0.3, -0.25) is 4.90 Å². The number of allylic oxidation sites excluding steroid dienone is 9. The van der Waals surface area contributed by atoms with Crippen molar-refractivity contribution in [2.45, 2.75) is 46.1 Å². The highest BCUT2D eigenvalue weighted by molar-refractivity contribution is 8.06. The molecule has 0 amide bonds. The van der Waals surface area contributed by atoms with Crippen LogP contribution in [-0.4, -0.2) is 37.2 Å². The van der Waals surface area contributed by atoms with E-state index in [4.69, 9.17) is 4.74 Å². The van der Waals surface area contributed by atoms with Crippen LogP contribution >= 0.6 is 11.8 Å². The molecule has 4 rings (SSSR count). The first-order chi connectivity index (χ1) is 16.1. The van der Waals surface area contributed by atoms with Crippen LogP contribution in [0.5, 0.6) is 0 Å². The van der Waals surface area contributed by atoms with Crippen molar-refractivity contribution in [3.8, 4) is 0 Å². The number of hydrogen-bond acceptors (Lipinski definition) is 4. The molecule has 1 N–H and O–H groups in total. The lowest BCUT2D eigenvalue weighted by molar-refractivity contribution is -0.0726. The van der Waals surface area contributed by atoms with Crippen LogP contribution in [0.15, 0.2) is 93.4 Å². The molecular weight excluding hydrogens is 424 g/mol. The van der Waals surface area contributed by atoms with Crippen molar-refractivity contribution in [3.63, 3.8) is 0 Å². The first-order valence-electron chi connectivity index (χ1n) is 12.1. The van der Waals surface area contributed by atoms with E-state index in [2.05, 4.69) is 97.0 Å². The van der Waals surface area contributed by atoms with Gasteiger partial charge in [-0.1, -0.05) is 43.5 Å². The van der Waals surface area contributed by atoms with E-state index in [1.165, 1.54) is 16.1 Å². The van der Waals surface area contributed by atoms with E-state index >= 15 is 0 Å². The molecule has 2 fully saturated rings.